The van der Waals surface area contributed by atoms with Crippen molar-refractivity contribution in [2.75, 3.05) is 9.80 Å². The van der Waals surface area contributed by atoms with Crippen molar-refractivity contribution in [1.29, 1.82) is 0 Å². The summed E-state index contributed by atoms with van der Waals surface area (Å²) in [6.45, 7) is 4.52. The van der Waals surface area contributed by atoms with Crippen LogP contribution in [0, 0.1) is 0 Å². The summed E-state index contributed by atoms with van der Waals surface area (Å²) in [7, 11) is 0. The molecule has 0 bridgehead atoms. The Hall–Kier alpha value is -2.88. The van der Waals surface area contributed by atoms with Crippen molar-refractivity contribution in [3.8, 4) is 0 Å². The normalized spacial score (nSPS) is 21.0. The first-order valence-electron chi connectivity index (χ1n) is 9.28. The van der Waals surface area contributed by atoms with Gasteiger partial charge in [0.2, 0.25) is 0 Å². The summed E-state index contributed by atoms with van der Waals surface area (Å²) in [5, 5.41) is 0. The Morgan fingerprint density at radius 1 is 0.731 bits per heavy atom. The standard InChI is InChI=1S/C22H22N4/c1-15-11-17-7-3-5-9-19(17)25(15)21-13-22(24-14-23-21)26-16(2)12-18-8-4-6-10-20(18)26/h3-10,13-16H,11-12H2,1-2H3. The van der Waals surface area contributed by atoms with Gasteiger partial charge in [-0.1, -0.05) is 36.4 Å². The molecule has 0 radical (unpaired) electrons. The van der Waals surface area contributed by atoms with Gasteiger partial charge in [0.25, 0.3) is 0 Å². The Kier molecular flexibility index (Phi) is 3.45. The lowest BCUT2D eigenvalue weighted by atomic mass is 10.1. The van der Waals surface area contributed by atoms with Crippen molar-refractivity contribution in [2.24, 2.45) is 0 Å². The molecule has 2 atom stereocenters. The van der Waals surface area contributed by atoms with Gasteiger partial charge in [-0.25, -0.2) is 9.97 Å². The van der Waals surface area contributed by atoms with E-state index < -0.39 is 0 Å². The fraction of sp³-hybridized carbons (Fsp3) is 0.273. The highest BCUT2D eigenvalue weighted by Crippen LogP contribution is 2.41. The van der Waals surface area contributed by atoms with Crippen LogP contribution in [0.1, 0.15) is 25.0 Å². The van der Waals surface area contributed by atoms with Gasteiger partial charge in [0, 0.05) is 29.5 Å². The Labute approximate surface area is 154 Å². The molecule has 1 aromatic heterocycles. The van der Waals surface area contributed by atoms with Gasteiger partial charge >= 0.3 is 0 Å². The Bertz CT molecular complexity index is 893. The summed E-state index contributed by atoms with van der Waals surface area (Å²) in [6, 6.07) is 20.2. The van der Waals surface area contributed by atoms with Crippen LogP contribution in [-0.4, -0.2) is 22.1 Å². The van der Waals surface area contributed by atoms with Gasteiger partial charge in [-0.15, -0.1) is 0 Å². The number of rotatable bonds is 2. The molecule has 26 heavy (non-hydrogen) atoms. The second-order valence-electron chi connectivity index (χ2n) is 7.34. The Morgan fingerprint density at radius 2 is 1.19 bits per heavy atom. The maximum absolute atomic E-state index is 4.61. The highest BCUT2D eigenvalue weighted by Gasteiger charge is 2.31. The molecule has 3 heterocycles. The van der Waals surface area contributed by atoms with Gasteiger partial charge in [0.05, 0.1) is 0 Å². The minimum Gasteiger partial charge on any atom is -0.323 e. The van der Waals surface area contributed by atoms with Crippen LogP contribution in [0.2, 0.25) is 0 Å². The van der Waals surface area contributed by atoms with E-state index in [0.29, 0.717) is 12.1 Å². The molecule has 2 unspecified atom stereocenters. The van der Waals surface area contributed by atoms with Crippen molar-refractivity contribution in [1.82, 2.24) is 9.97 Å². The monoisotopic (exact) mass is 342 g/mol. The fourth-order valence-corrected chi connectivity index (χ4v) is 4.43. The van der Waals surface area contributed by atoms with Gasteiger partial charge in [0.1, 0.15) is 18.0 Å². The predicted octanol–water partition coefficient (Wildman–Crippen LogP) is 4.64. The van der Waals surface area contributed by atoms with E-state index in [1.807, 2.05) is 0 Å². The molecule has 0 saturated heterocycles. The van der Waals surface area contributed by atoms with E-state index in [4.69, 9.17) is 0 Å². The van der Waals surface area contributed by atoms with Crippen LogP contribution in [0.25, 0.3) is 0 Å². The number of benzene rings is 2. The van der Waals surface area contributed by atoms with Crippen LogP contribution in [0.5, 0.6) is 0 Å². The molecule has 2 aromatic carbocycles. The minimum atomic E-state index is 0.401. The summed E-state index contributed by atoms with van der Waals surface area (Å²) in [5.41, 5.74) is 5.30. The lowest BCUT2D eigenvalue weighted by Gasteiger charge is -2.27. The first-order valence-corrected chi connectivity index (χ1v) is 9.28. The third-order valence-corrected chi connectivity index (χ3v) is 5.55. The molecule has 2 aliphatic rings. The van der Waals surface area contributed by atoms with Crippen LogP contribution in [0.3, 0.4) is 0 Å². The van der Waals surface area contributed by atoms with E-state index in [1.165, 1.54) is 22.5 Å². The van der Waals surface area contributed by atoms with Crippen LogP contribution in [0.4, 0.5) is 23.0 Å². The zero-order valence-corrected chi connectivity index (χ0v) is 15.1. The lowest BCUT2D eigenvalue weighted by molar-refractivity contribution is 0.738. The molecule has 0 spiro atoms. The maximum Gasteiger partial charge on any atom is 0.138 e. The van der Waals surface area contributed by atoms with Crippen molar-refractivity contribution >= 4 is 23.0 Å². The molecule has 0 fully saturated rings. The molecule has 4 heteroatoms. The van der Waals surface area contributed by atoms with Gasteiger partial charge in [-0.05, 0) is 49.9 Å². The number of hydrogen-bond donors (Lipinski definition) is 0. The van der Waals surface area contributed by atoms with E-state index in [0.717, 1.165) is 24.5 Å². The summed E-state index contributed by atoms with van der Waals surface area (Å²) < 4.78 is 0. The van der Waals surface area contributed by atoms with Gasteiger partial charge < -0.3 is 9.80 Å². The number of anilines is 4. The molecule has 4 nitrogen and oxygen atoms in total. The first kappa shape index (κ1) is 15.4. The minimum absolute atomic E-state index is 0.401. The molecule has 0 N–H and O–H groups in total. The van der Waals surface area contributed by atoms with Gasteiger partial charge in [-0.2, -0.15) is 0 Å². The third-order valence-electron chi connectivity index (χ3n) is 5.55. The molecule has 0 saturated carbocycles. The highest BCUT2D eigenvalue weighted by molar-refractivity contribution is 5.74. The second-order valence-corrected chi connectivity index (χ2v) is 7.34. The lowest BCUT2D eigenvalue weighted by Crippen LogP contribution is -2.27. The fourth-order valence-electron chi connectivity index (χ4n) is 4.43. The Balaban J connectivity index is 1.57. The first-order chi connectivity index (χ1) is 12.7. The predicted molar refractivity (Wildman–Crippen MR) is 106 cm³/mol. The van der Waals surface area contributed by atoms with Gasteiger partial charge in [-0.3, -0.25) is 0 Å². The zero-order valence-electron chi connectivity index (χ0n) is 15.1. The number of fused-ring (bicyclic) bond motifs is 2. The number of aromatic nitrogens is 2. The highest BCUT2D eigenvalue weighted by atomic mass is 15.3. The smallest absolute Gasteiger partial charge is 0.138 e. The quantitative estimate of drug-likeness (QED) is 0.679. The molecular weight excluding hydrogens is 320 g/mol. The zero-order chi connectivity index (χ0) is 17.7. The van der Waals surface area contributed by atoms with Crippen LogP contribution >= 0.6 is 0 Å². The van der Waals surface area contributed by atoms with Crippen LogP contribution < -0.4 is 9.80 Å². The van der Waals surface area contributed by atoms with E-state index in [-0.39, 0.29) is 0 Å². The van der Waals surface area contributed by atoms with Crippen molar-refractivity contribution in [3.63, 3.8) is 0 Å². The van der Waals surface area contributed by atoms with Crippen molar-refractivity contribution < 1.29 is 0 Å². The summed E-state index contributed by atoms with van der Waals surface area (Å²) in [6.07, 6.45) is 3.81. The molecule has 130 valence electrons. The Morgan fingerprint density at radius 3 is 1.69 bits per heavy atom. The topological polar surface area (TPSA) is 32.3 Å². The molecule has 3 aromatic rings. The average molecular weight is 342 g/mol. The number of hydrogen-bond acceptors (Lipinski definition) is 4. The van der Waals surface area contributed by atoms with E-state index in [9.17, 15) is 0 Å². The molecular formula is C22H22N4. The maximum atomic E-state index is 4.61. The largest absolute Gasteiger partial charge is 0.323 e. The van der Waals surface area contributed by atoms with Crippen LogP contribution in [0.15, 0.2) is 60.9 Å². The third kappa shape index (κ3) is 2.29. The number of nitrogens with zero attached hydrogens (tertiary/aromatic N) is 4. The van der Waals surface area contributed by atoms with E-state index in [1.54, 1.807) is 6.33 Å². The number of para-hydroxylation sites is 2. The molecule has 5 rings (SSSR count). The van der Waals surface area contributed by atoms with Crippen molar-refractivity contribution in [2.45, 2.75) is 38.8 Å². The molecule has 0 aliphatic carbocycles. The van der Waals surface area contributed by atoms with Gasteiger partial charge in [0.15, 0.2) is 0 Å². The van der Waals surface area contributed by atoms with E-state index in [2.05, 4.69) is 88.2 Å². The summed E-state index contributed by atoms with van der Waals surface area (Å²) >= 11 is 0. The van der Waals surface area contributed by atoms with Crippen LogP contribution in [-0.2, 0) is 12.8 Å². The SMILES string of the molecule is CC1Cc2ccccc2N1c1cc(N2c3ccccc3CC2C)ncn1. The average Bonchev–Trinajstić information content (AvgIpc) is 3.17. The van der Waals surface area contributed by atoms with Crippen molar-refractivity contribution in [3.05, 3.63) is 72.1 Å². The molecule has 2 aliphatic heterocycles. The summed E-state index contributed by atoms with van der Waals surface area (Å²) in [4.78, 5) is 13.9. The molecule has 0 amide bonds. The second kappa shape index (κ2) is 5.84. The van der Waals surface area contributed by atoms with E-state index >= 15 is 0 Å². The summed E-state index contributed by atoms with van der Waals surface area (Å²) in [5.74, 6) is 1.95.